The van der Waals surface area contributed by atoms with Crippen LogP contribution in [0.4, 0.5) is 10.8 Å². The number of hydrogen-bond acceptors (Lipinski definition) is 6. The van der Waals surface area contributed by atoms with E-state index in [9.17, 15) is 9.59 Å². The Balaban J connectivity index is 1.89. The van der Waals surface area contributed by atoms with E-state index in [4.69, 9.17) is 0 Å². The van der Waals surface area contributed by atoms with E-state index >= 15 is 0 Å². The van der Waals surface area contributed by atoms with E-state index in [2.05, 4.69) is 15.5 Å². The maximum absolute atomic E-state index is 13.0. The van der Waals surface area contributed by atoms with E-state index in [0.29, 0.717) is 11.7 Å². The molecule has 0 saturated carbocycles. The molecule has 1 aromatic carbocycles. The highest BCUT2D eigenvalue weighted by Crippen LogP contribution is 2.45. The lowest BCUT2D eigenvalue weighted by Crippen LogP contribution is -2.54. The van der Waals surface area contributed by atoms with Crippen LogP contribution < -0.4 is 10.2 Å². The van der Waals surface area contributed by atoms with Gasteiger partial charge in [-0.25, -0.2) is 0 Å². The molecular formula is C17H20N4O2S2. The van der Waals surface area contributed by atoms with Gasteiger partial charge in [0.15, 0.2) is 4.75 Å². The highest BCUT2D eigenvalue weighted by molar-refractivity contribution is 8.02. The van der Waals surface area contributed by atoms with Gasteiger partial charge in [-0.2, -0.15) is 0 Å². The van der Waals surface area contributed by atoms with Crippen LogP contribution in [0.25, 0.3) is 0 Å². The van der Waals surface area contributed by atoms with Gasteiger partial charge in [0.2, 0.25) is 5.13 Å². The van der Waals surface area contributed by atoms with Crippen molar-refractivity contribution < 1.29 is 9.59 Å². The zero-order chi connectivity index (χ0) is 18.2. The molecule has 2 amide bonds. The summed E-state index contributed by atoms with van der Waals surface area (Å²) in [5.74, 6) is -0.349. The van der Waals surface area contributed by atoms with Crippen molar-refractivity contribution in [3.63, 3.8) is 0 Å². The first-order valence-electron chi connectivity index (χ1n) is 8.11. The summed E-state index contributed by atoms with van der Waals surface area (Å²) >= 11 is 2.62. The average molecular weight is 377 g/mol. The van der Waals surface area contributed by atoms with Gasteiger partial charge in [-0.05, 0) is 26.0 Å². The number of thioether (sulfide) groups is 1. The topological polar surface area (TPSA) is 75.2 Å². The molecule has 2 heterocycles. The van der Waals surface area contributed by atoms with E-state index in [0.717, 1.165) is 15.6 Å². The van der Waals surface area contributed by atoms with Crippen LogP contribution in [0.15, 0.2) is 29.2 Å². The number of carbonyl (C=O) groups is 2. The van der Waals surface area contributed by atoms with Crippen LogP contribution in [-0.4, -0.2) is 33.3 Å². The standard InChI is InChI=1S/C17H20N4O2S2/c1-5-21-11-8-6-7-9-12(11)25-17(4,15(21)23)14(22)18-16-20-19-13(24-16)10(2)3/h6-10H,5H2,1-4H3,(H,18,20,22). The summed E-state index contributed by atoms with van der Waals surface area (Å²) < 4.78 is -1.24. The molecule has 0 spiro atoms. The summed E-state index contributed by atoms with van der Waals surface area (Å²) in [6.07, 6.45) is 0. The number of nitrogens with zero attached hydrogens (tertiary/aromatic N) is 3. The van der Waals surface area contributed by atoms with E-state index in [1.807, 2.05) is 45.0 Å². The van der Waals surface area contributed by atoms with Crippen LogP contribution in [0.5, 0.6) is 0 Å². The van der Waals surface area contributed by atoms with Gasteiger partial charge in [0.25, 0.3) is 11.8 Å². The fraction of sp³-hybridized carbons (Fsp3) is 0.412. The molecule has 0 saturated heterocycles. The molecule has 0 bridgehead atoms. The molecule has 1 N–H and O–H groups in total. The Morgan fingerprint density at radius 2 is 2.04 bits per heavy atom. The number of rotatable bonds is 4. The van der Waals surface area contributed by atoms with Crippen LogP contribution in [-0.2, 0) is 9.59 Å². The van der Waals surface area contributed by atoms with Crippen molar-refractivity contribution in [3.8, 4) is 0 Å². The summed E-state index contributed by atoms with van der Waals surface area (Å²) in [5, 5.41) is 12.1. The minimum atomic E-state index is -1.24. The third-order valence-corrected chi connectivity index (χ3v) is 6.50. The summed E-state index contributed by atoms with van der Waals surface area (Å²) in [6, 6.07) is 7.64. The lowest BCUT2D eigenvalue weighted by atomic mass is 10.1. The highest BCUT2D eigenvalue weighted by Gasteiger charge is 2.49. The maximum atomic E-state index is 13.0. The maximum Gasteiger partial charge on any atom is 0.252 e. The van der Waals surface area contributed by atoms with Gasteiger partial charge < -0.3 is 4.90 Å². The Bertz CT molecular complexity index is 820. The molecule has 132 valence electrons. The Morgan fingerprint density at radius 3 is 2.68 bits per heavy atom. The number of amides is 2. The third-order valence-electron chi connectivity index (χ3n) is 4.03. The lowest BCUT2D eigenvalue weighted by molar-refractivity contribution is -0.128. The minimum absolute atomic E-state index is 0.218. The van der Waals surface area contributed by atoms with Gasteiger partial charge >= 0.3 is 0 Å². The number of fused-ring (bicyclic) bond motifs is 1. The third kappa shape index (κ3) is 3.16. The lowest BCUT2D eigenvalue weighted by Gasteiger charge is -2.38. The average Bonchev–Trinajstić information content (AvgIpc) is 3.05. The van der Waals surface area contributed by atoms with Gasteiger partial charge in [-0.1, -0.05) is 49.1 Å². The van der Waals surface area contributed by atoms with E-state index in [1.54, 1.807) is 11.8 Å². The number of hydrogen-bond donors (Lipinski definition) is 1. The highest BCUT2D eigenvalue weighted by atomic mass is 32.2. The van der Waals surface area contributed by atoms with Gasteiger partial charge in [0, 0.05) is 17.4 Å². The molecule has 1 atom stereocenters. The molecule has 2 aromatic rings. The molecule has 3 rings (SSSR count). The zero-order valence-electron chi connectivity index (χ0n) is 14.6. The molecule has 0 fully saturated rings. The molecule has 6 nitrogen and oxygen atoms in total. The molecule has 25 heavy (non-hydrogen) atoms. The number of anilines is 2. The second kappa shape index (κ2) is 6.76. The first-order chi connectivity index (χ1) is 11.9. The monoisotopic (exact) mass is 376 g/mol. The molecule has 1 aromatic heterocycles. The SMILES string of the molecule is CCN1C(=O)C(C)(C(=O)Nc2nnc(C(C)C)s2)Sc2ccccc21. The van der Waals surface area contributed by atoms with E-state index in [-0.39, 0.29) is 17.7 Å². The van der Waals surface area contributed by atoms with Crippen LogP contribution in [0.3, 0.4) is 0 Å². The molecule has 1 unspecified atom stereocenters. The van der Waals surface area contributed by atoms with E-state index in [1.165, 1.54) is 23.1 Å². The molecule has 1 aliphatic heterocycles. The van der Waals surface area contributed by atoms with E-state index < -0.39 is 4.75 Å². The van der Waals surface area contributed by atoms with Gasteiger partial charge in [-0.3, -0.25) is 14.9 Å². The second-order valence-electron chi connectivity index (χ2n) is 6.21. The van der Waals surface area contributed by atoms with Crippen LogP contribution in [0.1, 0.15) is 38.6 Å². The first-order valence-corrected chi connectivity index (χ1v) is 9.75. The number of para-hydroxylation sites is 1. The van der Waals surface area contributed by atoms with Gasteiger partial charge in [-0.15, -0.1) is 10.2 Å². The number of carbonyl (C=O) groups excluding carboxylic acids is 2. The normalized spacial score (nSPS) is 19.9. The molecular weight excluding hydrogens is 356 g/mol. The van der Waals surface area contributed by atoms with Crippen molar-refractivity contribution in [1.82, 2.24) is 10.2 Å². The van der Waals surface area contributed by atoms with Crippen molar-refractivity contribution in [2.45, 2.75) is 43.3 Å². The predicted octanol–water partition coefficient (Wildman–Crippen LogP) is 3.52. The number of nitrogens with one attached hydrogen (secondary N) is 1. The van der Waals surface area contributed by atoms with Crippen molar-refractivity contribution in [1.29, 1.82) is 0 Å². The van der Waals surface area contributed by atoms with Crippen molar-refractivity contribution >= 4 is 45.7 Å². The fourth-order valence-electron chi connectivity index (χ4n) is 2.59. The van der Waals surface area contributed by atoms with Gasteiger partial charge in [0.05, 0.1) is 5.69 Å². The molecule has 8 heteroatoms. The van der Waals surface area contributed by atoms with Crippen LogP contribution in [0, 0.1) is 0 Å². The molecule has 1 aliphatic rings. The Hall–Kier alpha value is -1.93. The minimum Gasteiger partial charge on any atom is -0.310 e. The molecule has 0 aliphatic carbocycles. The Morgan fingerprint density at radius 1 is 1.32 bits per heavy atom. The zero-order valence-corrected chi connectivity index (χ0v) is 16.2. The Kier molecular flexibility index (Phi) is 4.83. The summed E-state index contributed by atoms with van der Waals surface area (Å²) in [4.78, 5) is 28.5. The van der Waals surface area contributed by atoms with Gasteiger partial charge in [0.1, 0.15) is 5.01 Å². The van der Waals surface area contributed by atoms with Crippen LogP contribution >= 0.6 is 23.1 Å². The fourth-order valence-corrected chi connectivity index (χ4v) is 4.54. The smallest absolute Gasteiger partial charge is 0.252 e. The Labute approximate surface area is 155 Å². The van der Waals surface area contributed by atoms with Crippen molar-refractivity contribution in [2.75, 3.05) is 16.8 Å². The predicted molar refractivity (Wildman–Crippen MR) is 101 cm³/mol. The number of aromatic nitrogens is 2. The van der Waals surface area contributed by atoms with Crippen LogP contribution in [0.2, 0.25) is 0 Å². The summed E-state index contributed by atoms with van der Waals surface area (Å²) in [7, 11) is 0. The second-order valence-corrected chi connectivity index (χ2v) is 8.68. The van der Waals surface area contributed by atoms with Crippen molar-refractivity contribution in [3.05, 3.63) is 29.3 Å². The van der Waals surface area contributed by atoms with Crippen molar-refractivity contribution in [2.24, 2.45) is 0 Å². The number of benzene rings is 1. The molecule has 0 radical (unpaired) electrons. The quantitative estimate of drug-likeness (QED) is 0.827. The summed E-state index contributed by atoms with van der Waals surface area (Å²) in [5.41, 5.74) is 0.850. The first kappa shape index (κ1) is 17.9. The largest absolute Gasteiger partial charge is 0.310 e. The summed E-state index contributed by atoms with van der Waals surface area (Å²) in [6.45, 7) is 8.12.